The number of methoxy groups -OCH3 is 1. The van der Waals surface area contributed by atoms with Crippen molar-refractivity contribution in [2.75, 3.05) is 7.11 Å². The van der Waals surface area contributed by atoms with Gasteiger partial charge in [-0.15, -0.1) is 0 Å². The maximum absolute atomic E-state index is 11.7. The molecule has 0 bridgehead atoms. The summed E-state index contributed by atoms with van der Waals surface area (Å²) in [6, 6.07) is 0. The van der Waals surface area contributed by atoms with Crippen LogP contribution in [0.15, 0.2) is 0 Å². The van der Waals surface area contributed by atoms with E-state index in [0.717, 1.165) is 25.7 Å². The monoisotopic (exact) mass is 246 g/mol. The number of ether oxygens (including phenoxy) is 2. The van der Waals surface area contributed by atoms with Gasteiger partial charge >= 0.3 is 5.97 Å². The second-order valence-electron chi connectivity index (χ2n) is 4.81. The molecule has 3 nitrogen and oxygen atoms in total. The number of hydrogen-bond acceptors (Lipinski definition) is 3. The maximum atomic E-state index is 11.7. The number of rotatable bonds is 4. The normalized spacial score (nSPS) is 38.7. The number of carbonyl (C=O) groups is 1. The summed E-state index contributed by atoms with van der Waals surface area (Å²) in [5, 5.41) is -1.20. The van der Waals surface area contributed by atoms with Crippen LogP contribution < -0.4 is 0 Å². The minimum atomic E-state index is -1.20. The van der Waals surface area contributed by atoms with Gasteiger partial charge in [-0.05, 0) is 25.2 Å². The van der Waals surface area contributed by atoms with Crippen LogP contribution in [0, 0.1) is 5.92 Å². The van der Waals surface area contributed by atoms with Crippen LogP contribution in [0.4, 0.5) is 0 Å². The highest BCUT2D eigenvalue weighted by Crippen LogP contribution is 2.62. The minimum Gasteiger partial charge on any atom is -0.466 e. The van der Waals surface area contributed by atoms with Gasteiger partial charge in [0.1, 0.15) is 5.60 Å². The molecule has 2 atom stereocenters. The number of esters is 1. The number of halogens is 1. The van der Waals surface area contributed by atoms with Gasteiger partial charge in [0.05, 0.1) is 7.11 Å². The minimum absolute atomic E-state index is 0.420. The molecule has 4 heteroatoms. The highest BCUT2D eigenvalue weighted by atomic mass is 35.5. The van der Waals surface area contributed by atoms with E-state index in [2.05, 4.69) is 6.92 Å². The first-order valence-electron chi connectivity index (χ1n) is 6.08. The molecule has 92 valence electrons. The highest BCUT2D eigenvalue weighted by molar-refractivity contribution is 6.36. The van der Waals surface area contributed by atoms with Crippen molar-refractivity contribution in [2.45, 2.75) is 56.1 Å². The fourth-order valence-corrected chi connectivity index (χ4v) is 3.56. The Balaban J connectivity index is 2.16. The third-order valence-electron chi connectivity index (χ3n) is 3.91. The third-order valence-corrected chi connectivity index (χ3v) is 4.46. The van der Waals surface area contributed by atoms with Crippen molar-refractivity contribution in [3.63, 3.8) is 0 Å². The van der Waals surface area contributed by atoms with Crippen molar-refractivity contribution < 1.29 is 14.3 Å². The van der Waals surface area contributed by atoms with Gasteiger partial charge in [0.2, 0.25) is 0 Å². The van der Waals surface area contributed by atoms with E-state index in [9.17, 15) is 4.79 Å². The molecule has 16 heavy (non-hydrogen) atoms. The first-order valence-corrected chi connectivity index (χ1v) is 6.46. The topological polar surface area (TPSA) is 38.8 Å². The fourth-order valence-electron chi connectivity index (χ4n) is 3.10. The zero-order valence-corrected chi connectivity index (χ0v) is 10.7. The summed E-state index contributed by atoms with van der Waals surface area (Å²) in [5.41, 5.74) is -0.451. The summed E-state index contributed by atoms with van der Waals surface area (Å²) in [6.07, 6.45) is 6.48. The predicted molar refractivity (Wildman–Crippen MR) is 61.3 cm³/mol. The van der Waals surface area contributed by atoms with E-state index in [1.54, 1.807) is 0 Å². The molecule has 2 fully saturated rings. The molecule has 0 aromatic rings. The molecule has 1 aliphatic heterocycles. The van der Waals surface area contributed by atoms with E-state index < -0.39 is 16.6 Å². The van der Waals surface area contributed by atoms with Crippen LogP contribution in [0.3, 0.4) is 0 Å². The lowest BCUT2D eigenvalue weighted by atomic mass is 9.83. The molecule has 2 rings (SSSR count). The molecule has 0 spiro atoms. The van der Waals surface area contributed by atoms with Gasteiger partial charge < -0.3 is 9.47 Å². The average molecular weight is 247 g/mol. The van der Waals surface area contributed by atoms with Crippen molar-refractivity contribution in [2.24, 2.45) is 5.92 Å². The van der Waals surface area contributed by atoms with Gasteiger partial charge in [-0.25, -0.2) is 4.79 Å². The maximum Gasteiger partial charge on any atom is 0.357 e. The van der Waals surface area contributed by atoms with Crippen molar-refractivity contribution in [3.8, 4) is 0 Å². The van der Waals surface area contributed by atoms with E-state index in [4.69, 9.17) is 21.1 Å². The van der Waals surface area contributed by atoms with Crippen LogP contribution in [0.25, 0.3) is 0 Å². The molecule has 2 unspecified atom stereocenters. The molecule has 1 saturated heterocycles. The standard InChI is InChI=1S/C12H19ClO3/c1-3-8-11(9-6-4-5-7-9)12(13,16-11)10(14)15-2/h9H,3-8H2,1-2H3. The van der Waals surface area contributed by atoms with Gasteiger partial charge in [-0.1, -0.05) is 37.8 Å². The van der Waals surface area contributed by atoms with Crippen molar-refractivity contribution in [1.82, 2.24) is 0 Å². The summed E-state index contributed by atoms with van der Waals surface area (Å²) < 4.78 is 10.4. The Kier molecular flexibility index (Phi) is 3.19. The van der Waals surface area contributed by atoms with Gasteiger partial charge in [0, 0.05) is 0 Å². The molecule has 1 aliphatic carbocycles. The fraction of sp³-hybridized carbons (Fsp3) is 0.917. The van der Waals surface area contributed by atoms with Crippen LogP contribution in [0.1, 0.15) is 45.4 Å². The second-order valence-corrected chi connectivity index (χ2v) is 5.34. The first kappa shape index (κ1) is 12.2. The molecular weight excluding hydrogens is 228 g/mol. The Bertz CT molecular complexity index is 288. The van der Waals surface area contributed by atoms with Crippen molar-refractivity contribution >= 4 is 17.6 Å². The second kappa shape index (κ2) is 4.19. The predicted octanol–water partition coefficient (Wildman–Crippen LogP) is 2.85. The largest absolute Gasteiger partial charge is 0.466 e. The number of carbonyl (C=O) groups excluding carboxylic acids is 1. The van der Waals surface area contributed by atoms with Gasteiger partial charge in [-0.3, -0.25) is 0 Å². The molecule has 2 aliphatic rings. The Labute approximate surface area is 101 Å². The van der Waals surface area contributed by atoms with Gasteiger partial charge in [0.15, 0.2) is 0 Å². The van der Waals surface area contributed by atoms with Gasteiger partial charge in [0.25, 0.3) is 5.06 Å². The lowest BCUT2D eigenvalue weighted by Gasteiger charge is -2.20. The SMILES string of the molecule is CCCC1(C2CCCC2)OC1(Cl)C(=O)OC. The van der Waals surface area contributed by atoms with Crippen LogP contribution in [-0.2, 0) is 14.3 Å². The Morgan fingerprint density at radius 2 is 2.12 bits per heavy atom. The average Bonchev–Trinajstić information content (AvgIpc) is 2.73. The van der Waals surface area contributed by atoms with Crippen molar-refractivity contribution in [3.05, 3.63) is 0 Å². The summed E-state index contributed by atoms with van der Waals surface area (Å²) in [6.45, 7) is 2.09. The van der Waals surface area contributed by atoms with E-state index in [0.29, 0.717) is 5.92 Å². The zero-order valence-electron chi connectivity index (χ0n) is 9.92. The molecule has 0 aromatic carbocycles. The quantitative estimate of drug-likeness (QED) is 0.435. The van der Waals surface area contributed by atoms with E-state index in [1.165, 1.54) is 20.0 Å². The lowest BCUT2D eigenvalue weighted by molar-refractivity contribution is -0.143. The molecule has 0 N–H and O–H groups in total. The van der Waals surface area contributed by atoms with Crippen LogP contribution >= 0.6 is 11.6 Å². The third kappa shape index (κ3) is 1.56. The smallest absolute Gasteiger partial charge is 0.357 e. The van der Waals surface area contributed by atoms with Crippen LogP contribution in [-0.4, -0.2) is 23.7 Å². The molecule has 0 aromatic heterocycles. The van der Waals surface area contributed by atoms with E-state index in [1.807, 2.05) is 0 Å². The molecule has 1 heterocycles. The number of alkyl halides is 1. The van der Waals surface area contributed by atoms with E-state index >= 15 is 0 Å². The van der Waals surface area contributed by atoms with Crippen LogP contribution in [0.5, 0.6) is 0 Å². The zero-order chi connectivity index (χ0) is 11.8. The summed E-state index contributed by atoms with van der Waals surface area (Å²) in [7, 11) is 1.36. The summed E-state index contributed by atoms with van der Waals surface area (Å²) in [4.78, 5) is 11.7. The highest BCUT2D eigenvalue weighted by Gasteiger charge is 2.77. The van der Waals surface area contributed by atoms with Gasteiger partial charge in [-0.2, -0.15) is 0 Å². The Morgan fingerprint density at radius 1 is 1.50 bits per heavy atom. The van der Waals surface area contributed by atoms with E-state index in [-0.39, 0.29) is 0 Å². The van der Waals surface area contributed by atoms with Crippen molar-refractivity contribution in [1.29, 1.82) is 0 Å². The number of epoxide rings is 1. The Morgan fingerprint density at radius 3 is 2.62 bits per heavy atom. The van der Waals surface area contributed by atoms with Crippen LogP contribution in [0.2, 0.25) is 0 Å². The molecule has 1 saturated carbocycles. The first-order chi connectivity index (χ1) is 7.60. The summed E-state index contributed by atoms with van der Waals surface area (Å²) >= 11 is 6.28. The molecule has 0 radical (unpaired) electrons. The summed E-state index contributed by atoms with van der Waals surface area (Å²) in [5.74, 6) is -0.0152. The molecule has 0 amide bonds. The lowest BCUT2D eigenvalue weighted by Crippen LogP contribution is -2.35. The number of hydrogen-bond donors (Lipinski definition) is 0. The Hall–Kier alpha value is -0.280. The molecular formula is C12H19ClO3.